The number of nitrogen functional groups attached to an aromatic ring is 1. The van der Waals surface area contributed by atoms with Gasteiger partial charge in [0.1, 0.15) is 70.9 Å². The van der Waals surface area contributed by atoms with Crippen molar-refractivity contribution in [3.05, 3.63) is 98.6 Å². The van der Waals surface area contributed by atoms with Gasteiger partial charge >= 0.3 is 35.9 Å². The lowest BCUT2D eigenvalue weighted by Gasteiger charge is -2.42. The molecule has 8 amide bonds. The Bertz CT molecular complexity index is 4470. The fraction of sp³-hybridized carbons (Fsp3) is 0.493. The van der Waals surface area contributed by atoms with Crippen LogP contribution in [0.25, 0.3) is 11.2 Å². The van der Waals surface area contributed by atoms with Crippen molar-refractivity contribution in [3.8, 4) is 5.75 Å². The molecular weight excluding hydrogens is 1570 g/mol. The van der Waals surface area contributed by atoms with E-state index in [-0.39, 0.29) is 77.2 Å². The van der Waals surface area contributed by atoms with Gasteiger partial charge in [0.25, 0.3) is 11.5 Å². The lowest BCUT2D eigenvalue weighted by molar-refractivity contribution is -0.162. The number of hydrogen-bond acceptors (Lipinski definition) is 28. The number of hydrogen-bond donors (Lipinski definition) is 17. The predicted octanol–water partition coefficient (Wildman–Crippen LogP) is 0.407. The van der Waals surface area contributed by atoms with E-state index in [2.05, 4.69) is 62.5 Å². The van der Waals surface area contributed by atoms with Gasteiger partial charge < -0.3 is 108 Å². The highest BCUT2D eigenvalue weighted by molar-refractivity contribution is 8.76. The van der Waals surface area contributed by atoms with Gasteiger partial charge in [-0.15, -0.1) is 0 Å². The number of alkyl carbamates (subject to hydrolysis) is 1. The monoisotopic (exact) mass is 1670 g/mol. The molecule has 3 aliphatic heterocycles. The number of amides is 8. The maximum absolute atomic E-state index is 14.5. The minimum atomic E-state index is -2.05. The van der Waals surface area contributed by atoms with Gasteiger partial charge in [-0.2, -0.15) is 4.98 Å². The maximum atomic E-state index is 14.5. The highest BCUT2D eigenvalue weighted by Crippen LogP contribution is 2.49. The van der Waals surface area contributed by atoms with Crippen LogP contribution in [0.3, 0.4) is 0 Å². The van der Waals surface area contributed by atoms with Crippen LogP contribution >= 0.6 is 33.2 Å². The van der Waals surface area contributed by atoms with Crippen LogP contribution in [-0.2, 0) is 84.7 Å². The molecule has 4 aromatic rings. The van der Waals surface area contributed by atoms with E-state index < -0.39 is 211 Å². The molecule has 13 atom stereocenters. The summed E-state index contributed by atoms with van der Waals surface area (Å²) in [6, 6.07) is -1.53. The van der Waals surface area contributed by atoms with E-state index in [4.69, 9.17) is 52.2 Å². The fourth-order valence-corrected chi connectivity index (χ4v) is 14.7. The summed E-state index contributed by atoms with van der Waals surface area (Å²) < 4.78 is 29.4. The standard InChI is InChI=1S/C71H92ClN17O24S2/c1-33-11-9-13-48(110-8)71(108)29-47(111-69(107)87-71)34(2)57-70(4,113-57)49(28-52(92)89(6)45-24-36(23-33)25-46(109-7)55(45)72)112-66(106)35(3)88(5)51(91)20-22-114-115-32-44(65(104)105)84-62(100)43(27-54(95)96)83-60(98)40(12-10-21-76-67(73)74)81-61(99)42(26-53(93)94)80-50(90)19-18-41(64(102)103)82-59(97)37-14-16-38(17-15-37)77-30-39-31-78-58-56(79-39)63(101)86-68(75)85-58/h9,11,13-17,24-25,31,34-35,40-44,47-49,57,77,108H,10,12,18-23,26-30,32H2,1-8H3,(H,80,90)(H,81,99)(H,82,97)(H,83,98)(H,84,100)(H,87,107)(H,93,94)(H,95,96)(H,102,103)(H,104,105)(H4,73,74,76)(H3,75,78,85,86,101)/b13-9+,33-11+/t34-,35+,40+,41+,42+,43+,44+,47+,48-,49+,57+,70+,71+/m1/s1. The first-order valence-electron chi connectivity index (χ1n) is 35.7. The fourth-order valence-electron chi connectivity index (χ4n) is 12.3. The summed E-state index contributed by atoms with van der Waals surface area (Å²) in [4.78, 5) is 202. The number of carbonyl (C=O) groups is 13. The first kappa shape index (κ1) is 90.8. The molecule has 624 valence electrons. The number of carboxylic acid groups (broad SMARTS) is 4. The van der Waals surface area contributed by atoms with Gasteiger partial charge in [-0.25, -0.2) is 29.1 Å². The van der Waals surface area contributed by atoms with E-state index in [0.717, 1.165) is 32.1 Å². The molecule has 7 rings (SSSR count). The number of rotatable bonds is 36. The van der Waals surface area contributed by atoms with E-state index in [1.165, 1.54) is 70.6 Å². The molecule has 0 radical (unpaired) electrons. The molecule has 115 heavy (non-hydrogen) atoms. The quantitative estimate of drug-likeness (QED) is 0.00732. The number of aromatic nitrogens is 4. The Balaban J connectivity index is 0.936. The summed E-state index contributed by atoms with van der Waals surface area (Å²) in [5.74, 6) is -16.1. The summed E-state index contributed by atoms with van der Waals surface area (Å²) >= 11 is 6.83. The number of nitrogens with one attached hydrogen (secondary N) is 10. The average molecular weight is 1670 g/mol. The summed E-state index contributed by atoms with van der Waals surface area (Å²) in [6.07, 6.45) is -3.51. The zero-order chi connectivity index (χ0) is 84.9. The van der Waals surface area contributed by atoms with Gasteiger partial charge in [0, 0.05) is 75.7 Å². The molecule has 0 unspecified atom stereocenters. The summed E-state index contributed by atoms with van der Waals surface area (Å²) in [6.45, 7) is 6.49. The van der Waals surface area contributed by atoms with Crippen LogP contribution in [0.15, 0.2) is 71.2 Å². The zero-order valence-corrected chi connectivity index (χ0v) is 66.0. The SMILES string of the molecule is COc1cc2cc(c1Cl)N(C)C(=O)C[C@H](OC(=O)[C@H](C)N(C)C(=O)CCSSC[C@H](NC(=O)[C@H](CC(=O)O)NC(=O)[C@H](CCCNC(=N)N)NC(=O)[C@H](CC(=O)O)NC(=O)CC[C@H](NC(=O)c1ccc(NCc3cnc4nc(N)[nH]c(=O)c4n3)cc1)C(=O)O)C(=O)O)[C@]1(C)O[C@H]1[C@H](C)[C@@H]1C[C@@](O)(NC(=O)O1)[C@H](OC)/C=C/C=C(\C)C2. The number of ether oxygens (including phenoxy) is 5. The second-order valence-corrected chi connectivity index (χ2v) is 30.4. The van der Waals surface area contributed by atoms with E-state index in [1.54, 1.807) is 44.2 Å². The number of guanidine groups is 1. The zero-order valence-electron chi connectivity index (χ0n) is 63.6. The first-order chi connectivity index (χ1) is 54.2. The van der Waals surface area contributed by atoms with Crippen LogP contribution in [0.1, 0.15) is 107 Å². The Labute approximate surface area is 669 Å². The Kier molecular flexibility index (Phi) is 32.4. The molecule has 44 heteroatoms. The average Bonchev–Trinajstić information content (AvgIpc) is 1.57. The van der Waals surface area contributed by atoms with Crippen molar-refractivity contribution in [2.24, 2.45) is 11.7 Å². The number of allylic oxidation sites excluding steroid dienone is 3. The number of carboxylic acids is 4. The third kappa shape index (κ3) is 25.5. The van der Waals surface area contributed by atoms with Gasteiger partial charge in [-0.05, 0) is 88.4 Å². The van der Waals surface area contributed by atoms with E-state index in [9.17, 15) is 92.7 Å². The second-order valence-electron chi connectivity index (χ2n) is 27.4. The van der Waals surface area contributed by atoms with Crippen LogP contribution in [0, 0.1) is 11.3 Å². The number of aliphatic hydroxyl groups is 1. The third-order valence-electron chi connectivity index (χ3n) is 18.9. The number of fused-ring (bicyclic) bond motifs is 6. The van der Waals surface area contributed by atoms with Gasteiger partial charge in [0.15, 0.2) is 22.8 Å². The van der Waals surface area contributed by atoms with Crippen LogP contribution in [0.4, 0.5) is 22.1 Å². The van der Waals surface area contributed by atoms with Crippen molar-refractivity contribution < 1.29 is 112 Å². The number of aromatic amines is 1. The first-order valence-corrected chi connectivity index (χ1v) is 38.5. The number of nitrogens with zero attached hydrogens (tertiary/aromatic N) is 5. The topological polar surface area (TPSA) is 623 Å². The number of benzene rings is 2. The maximum Gasteiger partial charge on any atom is 0.409 e. The molecule has 4 bridgehead atoms. The number of carbonyl (C=O) groups excluding carboxylic acids is 9. The number of nitrogens with two attached hydrogens (primary N) is 2. The van der Waals surface area contributed by atoms with Gasteiger partial charge in [-0.3, -0.25) is 63.7 Å². The van der Waals surface area contributed by atoms with Crippen LogP contribution in [0.5, 0.6) is 5.75 Å². The van der Waals surface area contributed by atoms with Crippen molar-refractivity contribution in [1.82, 2.24) is 62.1 Å². The number of epoxide rings is 1. The summed E-state index contributed by atoms with van der Waals surface area (Å²) in [7, 11) is 7.41. The second kappa shape index (κ2) is 41.1. The Hall–Kier alpha value is -11.4. The molecule has 2 aromatic heterocycles. The molecule has 3 aliphatic rings. The molecule has 0 aliphatic carbocycles. The van der Waals surface area contributed by atoms with Gasteiger partial charge in [0.2, 0.25) is 41.4 Å². The molecule has 2 saturated heterocycles. The number of methoxy groups -OCH3 is 2. The molecule has 0 spiro atoms. The predicted molar refractivity (Wildman–Crippen MR) is 414 cm³/mol. The van der Waals surface area contributed by atoms with E-state index >= 15 is 0 Å². The Morgan fingerprint density at radius 1 is 0.870 bits per heavy atom. The molecule has 5 heterocycles. The normalized spacial score (nSPS) is 21.6. The van der Waals surface area contributed by atoms with Gasteiger partial charge in [-0.1, -0.05) is 63.9 Å². The number of aliphatic carboxylic acids is 4. The van der Waals surface area contributed by atoms with Crippen LogP contribution < -0.4 is 69.2 Å². The van der Waals surface area contributed by atoms with Crippen LogP contribution in [0.2, 0.25) is 5.02 Å². The molecule has 2 fully saturated rings. The van der Waals surface area contributed by atoms with Crippen molar-refractivity contribution in [2.75, 3.05) is 62.3 Å². The molecule has 0 saturated carbocycles. The van der Waals surface area contributed by atoms with Crippen molar-refractivity contribution in [2.45, 2.75) is 170 Å². The number of likely N-dealkylation sites (N-methyl/N-ethyl adjacent to an activating group) is 1. The minimum absolute atomic E-state index is 0.0110. The smallest absolute Gasteiger partial charge is 0.409 e. The lowest BCUT2D eigenvalue weighted by atomic mass is 9.83. The van der Waals surface area contributed by atoms with E-state index in [1.807, 2.05) is 6.92 Å². The number of H-pyrrole nitrogens is 1. The Morgan fingerprint density at radius 3 is 2.15 bits per heavy atom. The number of esters is 1. The Morgan fingerprint density at radius 2 is 1.51 bits per heavy atom. The number of halogens is 1. The highest BCUT2D eigenvalue weighted by Gasteiger charge is 2.64. The van der Waals surface area contributed by atoms with Crippen molar-refractivity contribution in [3.63, 3.8) is 0 Å². The molecule has 19 N–H and O–H groups in total. The number of anilines is 3. The lowest BCUT2D eigenvalue weighted by Crippen LogP contribution is -2.63. The molecular formula is C71H92ClN17O24S2. The van der Waals surface area contributed by atoms with Crippen molar-refractivity contribution in [1.29, 1.82) is 5.41 Å². The van der Waals surface area contributed by atoms with Crippen molar-refractivity contribution >= 4 is 145 Å². The molecule has 2 aromatic carbocycles. The van der Waals surface area contributed by atoms with E-state index in [0.29, 0.717) is 23.4 Å². The summed E-state index contributed by atoms with van der Waals surface area (Å²) in [5.41, 5.74) is 9.53. The van der Waals surface area contributed by atoms with Gasteiger partial charge in [0.05, 0.1) is 56.6 Å². The summed E-state index contributed by atoms with van der Waals surface area (Å²) in [5, 5.41) is 78.4. The highest BCUT2D eigenvalue weighted by atomic mass is 35.5. The molecule has 41 nitrogen and oxygen atoms in total. The minimum Gasteiger partial charge on any atom is -0.495 e. The third-order valence-corrected chi connectivity index (χ3v) is 21.7. The van der Waals surface area contributed by atoms with Crippen LogP contribution in [-0.4, -0.2) is 252 Å². The largest absolute Gasteiger partial charge is 0.495 e.